The van der Waals surface area contributed by atoms with Crippen LogP contribution in [-0.4, -0.2) is 81.8 Å². The number of hydrogen-bond donors (Lipinski definition) is 1. The summed E-state index contributed by atoms with van der Waals surface area (Å²) in [5.41, 5.74) is -2.46. The number of likely N-dealkylation sites (tertiary alicyclic amines) is 1. The molecule has 42 heavy (non-hydrogen) atoms. The Labute approximate surface area is 253 Å². The van der Waals surface area contributed by atoms with E-state index in [1.165, 1.54) is 0 Å². The fraction of sp³-hybridized carbons (Fsp3) is 0.794. The van der Waals surface area contributed by atoms with E-state index in [1.807, 2.05) is 17.9 Å². The van der Waals surface area contributed by atoms with Gasteiger partial charge in [0, 0.05) is 25.2 Å². The Hall–Kier alpha value is -2.19. The molecule has 8 nitrogen and oxygen atoms in total. The van der Waals surface area contributed by atoms with Gasteiger partial charge in [0.2, 0.25) is 11.8 Å². The molecule has 2 unspecified atom stereocenters. The first-order valence-electron chi connectivity index (χ1n) is 16.0. The highest BCUT2D eigenvalue weighted by atomic mass is 16.6. The summed E-state index contributed by atoms with van der Waals surface area (Å²) in [4.78, 5) is 46.3. The molecule has 0 aromatic carbocycles. The number of carbonyl (C=O) groups is 3. The topological polar surface area (TPSA) is 96.4 Å². The Morgan fingerprint density at radius 1 is 1.07 bits per heavy atom. The number of aliphatic hydroxyl groups is 1. The molecule has 0 aromatic heterocycles. The lowest BCUT2D eigenvalue weighted by Gasteiger charge is -2.45. The Morgan fingerprint density at radius 2 is 1.76 bits per heavy atom. The number of nitrogens with zero attached hydrogens (tertiary/aromatic N) is 2. The molecule has 3 saturated heterocycles. The van der Waals surface area contributed by atoms with Crippen LogP contribution in [-0.2, 0) is 23.9 Å². The van der Waals surface area contributed by atoms with E-state index < -0.39 is 40.6 Å². The van der Waals surface area contributed by atoms with E-state index >= 15 is 0 Å². The van der Waals surface area contributed by atoms with Gasteiger partial charge in [0.1, 0.15) is 17.6 Å². The number of carbonyl (C=O) groups excluding carboxylic acids is 3. The fourth-order valence-electron chi connectivity index (χ4n) is 8.01. The van der Waals surface area contributed by atoms with E-state index in [1.54, 1.807) is 11.0 Å². The molecular formula is C34H56N2O6. The van der Waals surface area contributed by atoms with Crippen molar-refractivity contribution in [3.05, 3.63) is 25.3 Å². The molecule has 1 N–H and O–H groups in total. The van der Waals surface area contributed by atoms with Crippen LogP contribution in [0.1, 0.15) is 106 Å². The van der Waals surface area contributed by atoms with Crippen molar-refractivity contribution in [1.82, 2.24) is 9.80 Å². The summed E-state index contributed by atoms with van der Waals surface area (Å²) in [6.45, 7) is 21.4. The van der Waals surface area contributed by atoms with Gasteiger partial charge in [0.15, 0.2) is 0 Å². The van der Waals surface area contributed by atoms with Crippen molar-refractivity contribution in [3.8, 4) is 0 Å². The number of allylic oxidation sites excluding steroid dienone is 1. The normalized spacial score (nSPS) is 28.6. The van der Waals surface area contributed by atoms with Crippen LogP contribution in [0.3, 0.4) is 0 Å². The van der Waals surface area contributed by atoms with E-state index in [0.29, 0.717) is 38.8 Å². The van der Waals surface area contributed by atoms with Crippen molar-refractivity contribution in [3.63, 3.8) is 0 Å². The first kappa shape index (κ1) is 34.3. The van der Waals surface area contributed by atoms with Crippen LogP contribution >= 0.6 is 0 Å². The average molecular weight is 589 g/mol. The van der Waals surface area contributed by atoms with Crippen LogP contribution in [0.5, 0.6) is 0 Å². The summed E-state index contributed by atoms with van der Waals surface area (Å²) in [7, 11) is 0. The van der Waals surface area contributed by atoms with Crippen molar-refractivity contribution in [1.29, 1.82) is 0 Å². The van der Waals surface area contributed by atoms with E-state index in [2.05, 4.69) is 47.8 Å². The Bertz CT molecular complexity index is 1000. The third-order valence-corrected chi connectivity index (χ3v) is 9.39. The number of hydrogen-bond acceptors (Lipinski definition) is 6. The molecular weight excluding hydrogens is 532 g/mol. The van der Waals surface area contributed by atoms with Crippen molar-refractivity contribution in [2.45, 2.75) is 129 Å². The molecule has 8 heteroatoms. The number of rotatable bonds is 17. The van der Waals surface area contributed by atoms with Gasteiger partial charge in [-0.3, -0.25) is 14.4 Å². The second-order valence-corrected chi connectivity index (χ2v) is 14.6. The third kappa shape index (κ3) is 6.96. The maximum Gasteiger partial charge on any atom is 0.312 e. The highest BCUT2D eigenvalue weighted by Gasteiger charge is 2.78. The van der Waals surface area contributed by atoms with Gasteiger partial charge in [-0.2, -0.15) is 0 Å². The molecule has 3 fully saturated rings. The van der Waals surface area contributed by atoms with Gasteiger partial charge in [-0.15, -0.1) is 13.2 Å². The lowest BCUT2D eigenvalue weighted by Crippen LogP contribution is -2.61. The molecule has 238 valence electrons. The second-order valence-electron chi connectivity index (χ2n) is 14.6. The summed E-state index contributed by atoms with van der Waals surface area (Å²) in [5.74, 6) is -2.22. The number of ether oxygens (including phenoxy) is 2. The van der Waals surface area contributed by atoms with Crippen LogP contribution in [0, 0.1) is 17.3 Å². The Morgan fingerprint density at radius 3 is 2.38 bits per heavy atom. The van der Waals surface area contributed by atoms with Crippen LogP contribution in [0.15, 0.2) is 25.3 Å². The molecule has 0 radical (unpaired) electrons. The standard InChI is InChI=1S/C34H56N2O6/c1-9-11-12-17-23-41-30(40)26-25-28(38)35(21-15-13-14-16-22-37)27(34(25)19-18-33(26,8)42-34)29(39)36(20-10-2)32(6,7)24-31(3,4)5/h9-10,25-27,37H,1-2,11-24H2,3-8H3/t25-,26-,27?,33+,34?/m0/s1. The number of aliphatic hydroxyl groups excluding tert-OH is 1. The van der Waals surface area contributed by atoms with Crippen molar-refractivity contribution < 1.29 is 29.0 Å². The number of unbranched alkanes of at least 4 members (excludes halogenated alkanes) is 5. The van der Waals surface area contributed by atoms with E-state index in [9.17, 15) is 19.5 Å². The first-order chi connectivity index (χ1) is 19.7. The second kappa shape index (κ2) is 13.6. The molecule has 3 rings (SSSR count). The number of esters is 1. The molecule has 2 amide bonds. The molecule has 3 aliphatic rings. The van der Waals surface area contributed by atoms with E-state index in [4.69, 9.17) is 9.47 Å². The summed E-state index contributed by atoms with van der Waals surface area (Å²) in [5, 5.41) is 9.20. The average Bonchev–Trinajstić information content (AvgIpc) is 3.45. The van der Waals surface area contributed by atoms with Crippen LogP contribution in [0.2, 0.25) is 0 Å². The van der Waals surface area contributed by atoms with Gasteiger partial charge >= 0.3 is 5.97 Å². The number of amides is 2. The largest absolute Gasteiger partial charge is 0.465 e. The van der Waals surface area contributed by atoms with Crippen molar-refractivity contribution in [2.24, 2.45) is 17.3 Å². The molecule has 1 spiro atoms. The minimum atomic E-state index is -1.07. The zero-order valence-electron chi connectivity index (χ0n) is 27.1. The van der Waals surface area contributed by atoms with Gasteiger partial charge in [0.05, 0.1) is 18.1 Å². The summed E-state index contributed by atoms with van der Waals surface area (Å²) in [6.07, 6.45) is 11.1. The van der Waals surface area contributed by atoms with Crippen molar-refractivity contribution >= 4 is 17.8 Å². The maximum atomic E-state index is 14.8. The van der Waals surface area contributed by atoms with Crippen molar-refractivity contribution in [2.75, 3.05) is 26.3 Å². The molecule has 5 atom stereocenters. The van der Waals surface area contributed by atoms with Gasteiger partial charge in [0.25, 0.3) is 0 Å². The zero-order chi connectivity index (χ0) is 31.3. The van der Waals surface area contributed by atoms with Crippen LogP contribution in [0.25, 0.3) is 0 Å². The van der Waals surface area contributed by atoms with Gasteiger partial charge in [-0.25, -0.2) is 0 Å². The number of fused-ring (bicyclic) bond motifs is 1. The SMILES string of the molecule is C=CCCCCOC(=O)[C@@H]1[C@H]2C(=O)N(CCCCCCO)C(C(=O)N(CC=C)C(C)(C)CC(C)(C)C)C23CC[C@@]1(C)O3. The zero-order valence-corrected chi connectivity index (χ0v) is 27.1. The van der Waals surface area contributed by atoms with Gasteiger partial charge in [-0.05, 0) is 77.6 Å². The maximum absolute atomic E-state index is 14.8. The highest BCUT2D eigenvalue weighted by molar-refractivity contribution is 5.98. The predicted octanol–water partition coefficient (Wildman–Crippen LogP) is 5.43. The minimum Gasteiger partial charge on any atom is -0.465 e. The van der Waals surface area contributed by atoms with Crippen LogP contribution in [0.4, 0.5) is 0 Å². The minimum absolute atomic E-state index is 0.0295. The molecule has 3 heterocycles. The monoisotopic (exact) mass is 588 g/mol. The molecule has 3 aliphatic heterocycles. The predicted molar refractivity (Wildman–Crippen MR) is 165 cm³/mol. The van der Waals surface area contributed by atoms with Gasteiger partial charge < -0.3 is 24.4 Å². The summed E-state index contributed by atoms with van der Waals surface area (Å²) in [6, 6.07) is -0.820. The molecule has 0 saturated carbocycles. The Balaban J connectivity index is 1.98. The molecule has 0 aromatic rings. The van der Waals surface area contributed by atoms with E-state index in [0.717, 1.165) is 38.5 Å². The summed E-state index contributed by atoms with van der Waals surface area (Å²) >= 11 is 0. The lowest BCUT2D eigenvalue weighted by atomic mass is 9.66. The lowest BCUT2D eigenvalue weighted by molar-refractivity contribution is -0.161. The third-order valence-electron chi connectivity index (χ3n) is 9.39. The Kier molecular flexibility index (Phi) is 11.1. The molecule has 0 aliphatic carbocycles. The van der Waals surface area contributed by atoms with Crippen LogP contribution < -0.4 is 0 Å². The summed E-state index contributed by atoms with van der Waals surface area (Å²) < 4.78 is 12.5. The smallest absolute Gasteiger partial charge is 0.312 e. The quantitative estimate of drug-likeness (QED) is 0.138. The fourth-order valence-corrected chi connectivity index (χ4v) is 8.01. The molecule has 2 bridgehead atoms. The first-order valence-corrected chi connectivity index (χ1v) is 16.0. The highest BCUT2D eigenvalue weighted by Crippen LogP contribution is 2.63. The van der Waals surface area contributed by atoms with E-state index in [-0.39, 0.29) is 30.4 Å². The van der Waals surface area contributed by atoms with Gasteiger partial charge in [-0.1, -0.05) is 45.8 Å².